The van der Waals surface area contributed by atoms with Gasteiger partial charge in [-0.05, 0) is 68.8 Å². The molecule has 0 spiro atoms. The van der Waals surface area contributed by atoms with Crippen LogP contribution in [0.5, 0.6) is 0 Å². The summed E-state index contributed by atoms with van der Waals surface area (Å²) in [6, 6.07) is 54.7. The van der Waals surface area contributed by atoms with Crippen LogP contribution in [0.25, 0.3) is 44.8 Å². The molecule has 186 valence electrons. The number of halogens is 1. The molecular formula is C38H27F. The minimum atomic E-state index is -0.239. The number of hydrogen-bond donors (Lipinski definition) is 0. The lowest BCUT2D eigenvalue weighted by Gasteiger charge is -2.14. The van der Waals surface area contributed by atoms with Gasteiger partial charge in [-0.25, -0.2) is 4.39 Å². The predicted molar refractivity (Wildman–Crippen MR) is 163 cm³/mol. The molecule has 0 radical (unpaired) electrons. The summed E-state index contributed by atoms with van der Waals surface area (Å²) in [6.07, 6.45) is 0. The molecule has 0 amide bonds. The van der Waals surface area contributed by atoms with Gasteiger partial charge in [-0.3, -0.25) is 0 Å². The van der Waals surface area contributed by atoms with Crippen LogP contribution in [0.2, 0.25) is 0 Å². The Hall–Kier alpha value is -5.01. The fourth-order valence-corrected chi connectivity index (χ4v) is 5.00. The lowest BCUT2D eigenvalue weighted by Crippen LogP contribution is -1.93. The van der Waals surface area contributed by atoms with Gasteiger partial charge in [0, 0.05) is 11.1 Å². The molecule has 0 aliphatic heterocycles. The molecule has 0 fully saturated rings. The van der Waals surface area contributed by atoms with Gasteiger partial charge in [0.2, 0.25) is 0 Å². The first-order valence-corrected chi connectivity index (χ1v) is 13.1. The Morgan fingerprint density at radius 2 is 0.667 bits per heavy atom. The molecule has 0 saturated heterocycles. The van der Waals surface area contributed by atoms with Gasteiger partial charge in [-0.15, -0.1) is 0 Å². The maximum atomic E-state index is 16.4. The second-order valence-corrected chi connectivity index (χ2v) is 9.53. The van der Waals surface area contributed by atoms with E-state index in [-0.39, 0.29) is 5.83 Å². The lowest BCUT2D eigenvalue weighted by atomic mass is 9.91. The van der Waals surface area contributed by atoms with Crippen molar-refractivity contribution < 1.29 is 4.39 Å². The van der Waals surface area contributed by atoms with E-state index in [0.717, 1.165) is 44.5 Å². The van der Waals surface area contributed by atoms with Crippen LogP contribution in [0.4, 0.5) is 4.39 Å². The summed E-state index contributed by atoms with van der Waals surface area (Å²) >= 11 is 0. The average molecular weight is 503 g/mol. The van der Waals surface area contributed by atoms with Crippen molar-refractivity contribution in [3.63, 3.8) is 0 Å². The SMILES string of the molecule is FC(=C(c1ccccc1)c1ccccc1)c1cccc(-c2cc(-c3ccccc3)cc(-c3ccccc3)c2)c1. The first-order chi connectivity index (χ1) is 19.3. The molecular weight excluding hydrogens is 475 g/mol. The van der Waals surface area contributed by atoms with Crippen LogP contribution >= 0.6 is 0 Å². The zero-order chi connectivity index (χ0) is 26.4. The zero-order valence-corrected chi connectivity index (χ0v) is 21.5. The van der Waals surface area contributed by atoms with Crippen molar-refractivity contribution in [2.45, 2.75) is 0 Å². The maximum Gasteiger partial charge on any atom is 0.138 e. The molecule has 39 heavy (non-hydrogen) atoms. The molecule has 6 aromatic carbocycles. The molecule has 0 nitrogen and oxygen atoms in total. The van der Waals surface area contributed by atoms with Crippen LogP contribution in [0.1, 0.15) is 16.7 Å². The summed E-state index contributed by atoms with van der Waals surface area (Å²) < 4.78 is 16.4. The Morgan fingerprint density at radius 1 is 0.308 bits per heavy atom. The van der Waals surface area contributed by atoms with Crippen LogP contribution in [0, 0.1) is 0 Å². The van der Waals surface area contributed by atoms with Gasteiger partial charge >= 0.3 is 0 Å². The third kappa shape index (κ3) is 5.35. The molecule has 0 aromatic heterocycles. The van der Waals surface area contributed by atoms with Crippen molar-refractivity contribution in [3.8, 4) is 33.4 Å². The quantitative estimate of drug-likeness (QED) is 0.199. The summed E-state index contributed by atoms with van der Waals surface area (Å²) in [5.74, 6) is -0.239. The summed E-state index contributed by atoms with van der Waals surface area (Å²) in [6.45, 7) is 0. The van der Waals surface area contributed by atoms with E-state index in [1.807, 2.05) is 91.0 Å². The van der Waals surface area contributed by atoms with Crippen molar-refractivity contribution >= 4 is 11.4 Å². The summed E-state index contributed by atoms with van der Waals surface area (Å²) in [5.41, 5.74) is 9.42. The Balaban J connectivity index is 1.51. The number of rotatable bonds is 6. The van der Waals surface area contributed by atoms with Crippen molar-refractivity contribution in [1.82, 2.24) is 0 Å². The molecule has 6 aromatic rings. The standard InChI is InChI=1S/C38H27F/c39-38(37(30-18-9-3-10-19-30)31-20-11-4-12-21-31)33-23-13-22-32(24-33)36-26-34(28-14-5-1-6-15-28)25-35(27-36)29-16-7-2-8-17-29/h1-27H. The van der Waals surface area contributed by atoms with E-state index < -0.39 is 0 Å². The molecule has 1 heteroatoms. The van der Waals surface area contributed by atoms with Crippen molar-refractivity contribution in [1.29, 1.82) is 0 Å². The Bertz CT molecular complexity index is 1620. The number of benzene rings is 6. The fourth-order valence-electron chi connectivity index (χ4n) is 5.00. The highest BCUT2D eigenvalue weighted by Gasteiger charge is 2.15. The summed E-state index contributed by atoms with van der Waals surface area (Å²) in [5, 5.41) is 0. The zero-order valence-electron chi connectivity index (χ0n) is 21.5. The second kappa shape index (κ2) is 11.2. The molecule has 0 aliphatic rings. The maximum absolute atomic E-state index is 16.4. The minimum absolute atomic E-state index is 0.239. The molecule has 0 aliphatic carbocycles. The average Bonchev–Trinajstić information content (AvgIpc) is 3.03. The monoisotopic (exact) mass is 502 g/mol. The van der Waals surface area contributed by atoms with Gasteiger partial charge in [-0.2, -0.15) is 0 Å². The molecule has 0 atom stereocenters. The van der Waals surface area contributed by atoms with Crippen LogP contribution in [-0.4, -0.2) is 0 Å². The first kappa shape index (κ1) is 24.3. The van der Waals surface area contributed by atoms with Crippen molar-refractivity contribution in [2.75, 3.05) is 0 Å². The summed E-state index contributed by atoms with van der Waals surface area (Å²) in [7, 11) is 0. The van der Waals surface area contributed by atoms with Crippen LogP contribution in [0.15, 0.2) is 164 Å². The highest BCUT2D eigenvalue weighted by molar-refractivity contribution is 5.96. The van der Waals surface area contributed by atoms with Crippen molar-refractivity contribution in [3.05, 3.63) is 180 Å². The minimum Gasteiger partial charge on any atom is -0.206 e. The smallest absolute Gasteiger partial charge is 0.138 e. The highest BCUT2D eigenvalue weighted by atomic mass is 19.1. The molecule has 0 heterocycles. The molecule has 0 bridgehead atoms. The predicted octanol–water partition coefficient (Wildman–Crippen LogP) is 10.6. The van der Waals surface area contributed by atoms with E-state index in [9.17, 15) is 0 Å². The van der Waals surface area contributed by atoms with Gasteiger partial charge in [0.25, 0.3) is 0 Å². The normalized spacial score (nSPS) is 10.7. The van der Waals surface area contributed by atoms with E-state index in [4.69, 9.17) is 0 Å². The Morgan fingerprint density at radius 3 is 1.13 bits per heavy atom. The van der Waals surface area contributed by atoms with Gasteiger partial charge in [-0.1, -0.05) is 140 Å². The van der Waals surface area contributed by atoms with Crippen LogP contribution < -0.4 is 0 Å². The molecule has 6 rings (SSSR count). The largest absolute Gasteiger partial charge is 0.206 e. The highest BCUT2D eigenvalue weighted by Crippen LogP contribution is 2.37. The van der Waals surface area contributed by atoms with Gasteiger partial charge < -0.3 is 0 Å². The van der Waals surface area contributed by atoms with Gasteiger partial charge in [0.1, 0.15) is 5.83 Å². The van der Waals surface area contributed by atoms with Gasteiger partial charge in [0.05, 0.1) is 0 Å². The van der Waals surface area contributed by atoms with Gasteiger partial charge in [0.15, 0.2) is 0 Å². The van der Waals surface area contributed by atoms with E-state index in [1.54, 1.807) is 0 Å². The molecule has 0 N–H and O–H groups in total. The van der Waals surface area contributed by atoms with Crippen molar-refractivity contribution in [2.24, 2.45) is 0 Å². The van der Waals surface area contributed by atoms with Crippen LogP contribution in [-0.2, 0) is 0 Å². The summed E-state index contributed by atoms with van der Waals surface area (Å²) in [4.78, 5) is 0. The fraction of sp³-hybridized carbons (Fsp3) is 0. The lowest BCUT2D eigenvalue weighted by molar-refractivity contribution is 0.762. The van der Waals surface area contributed by atoms with E-state index in [1.165, 1.54) is 0 Å². The molecule has 0 unspecified atom stereocenters. The number of hydrogen-bond acceptors (Lipinski definition) is 0. The Labute approximate surface area is 229 Å². The Kier molecular flexibility index (Phi) is 6.97. The van der Waals surface area contributed by atoms with E-state index in [0.29, 0.717) is 11.1 Å². The van der Waals surface area contributed by atoms with Crippen LogP contribution in [0.3, 0.4) is 0 Å². The topological polar surface area (TPSA) is 0 Å². The first-order valence-electron chi connectivity index (χ1n) is 13.1. The third-order valence-corrected chi connectivity index (χ3v) is 6.94. The van der Waals surface area contributed by atoms with E-state index in [2.05, 4.69) is 72.8 Å². The third-order valence-electron chi connectivity index (χ3n) is 6.94. The van der Waals surface area contributed by atoms with E-state index >= 15 is 4.39 Å². The second-order valence-electron chi connectivity index (χ2n) is 9.53. The molecule has 0 saturated carbocycles.